The lowest BCUT2D eigenvalue weighted by Crippen LogP contribution is -2.15. The molecule has 0 aliphatic rings. The highest BCUT2D eigenvalue weighted by atomic mass is 19.1. The van der Waals surface area contributed by atoms with Gasteiger partial charge in [0.1, 0.15) is 11.6 Å². The first-order valence-corrected chi connectivity index (χ1v) is 5.23. The van der Waals surface area contributed by atoms with Crippen LogP contribution in [0.25, 0.3) is 0 Å². The van der Waals surface area contributed by atoms with Crippen LogP contribution in [-0.4, -0.2) is 13.1 Å². The van der Waals surface area contributed by atoms with E-state index in [-0.39, 0.29) is 24.0 Å². The highest BCUT2D eigenvalue weighted by molar-refractivity contribution is 5.69. The molecule has 2 N–H and O–H groups in total. The largest absolute Gasteiger partial charge is 0.469 e. The van der Waals surface area contributed by atoms with Crippen molar-refractivity contribution >= 4 is 5.97 Å². The summed E-state index contributed by atoms with van der Waals surface area (Å²) in [6, 6.07) is 1.46. The van der Waals surface area contributed by atoms with Crippen molar-refractivity contribution in [1.29, 1.82) is 0 Å². The summed E-state index contributed by atoms with van der Waals surface area (Å²) in [5.74, 6) is -1.48. The number of esters is 1. The van der Waals surface area contributed by atoms with Gasteiger partial charge in [0.25, 0.3) is 0 Å². The number of nitrogens with two attached hydrogens (primary N) is 1. The fourth-order valence-corrected chi connectivity index (χ4v) is 1.48. The minimum absolute atomic E-state index is 0.0760. The molecule has 0 spiro atoms. The van der Waals surface area contributed by atoms with E-state index in [1.807, 2.05) is 0 Å². The van der Waals surface area contributed by atoms with Crippen molar-refractivity contribution < 1.29 is 18.3 Å². The van der Waals surface area contributed by atoms with Crippen molar-refractivity contribution in [2.24, 2.45) is 5.73 Å². The number of hydrogen-bond acceptors (Lipinski definition) is 3. The zero-order valence-corrected chi connectivity index (χ0v) is 9.80. The fraction of sp³-hybridized carbons (Fsp3) is 0.417. The van der Waals surface area contributed by atoms with Crippen molar-refractivity contribution in [3.63, 3.8) is 0 Å². The molecule has 17 heavy (non-hydrogen) atoms. The van der Waals surface area contributed by atoms with Gasteiger partial charge in [0.15, 0.2) is 0 Å². The van der Waals surface area contributed by atoms with Crippen molar-refractivity contribution in [1.82, 2.24) is 0 Å². The third kappa shape index (κ3) is 3.49. The highest BCUT2D eigenvalue weighted by Gasteiger charge is 2.15. The first-order valence-electron chi connectivity index (χ1n) is 5.23. The van der Waals surface area contributed by atoms with Gasteiger partial charge in [-0.05, 0) is 31.0 Å². The van der Waals surface area contributed by atoms with Crippen LogP contribution in [0.5, 0.6) is 0 Å². The van der Waals surface area contributed by atoms with E-state index in [1.165, 1.54) is 14.0 Å². The lowest BCUT2D eigenvalue weighted by Gasteiger charge is -2.13. The summed E-state index contributed by atoms with van der Waals surface area (Å²) in [5, 5.41) is 0. The number of hydrogen-bond donors (Lipinski definition) is 1. The molecule has 1 unspecified atom stereocenters. The summed E-state index contributed by atoms with van der Waals surface area (Å²) >= 11 is 0. The van der Waals surface area contributed by atoms with E-state index in [1.54, 1.807) is 0 Å². The molecule has 0 aliphatic carbocycles. The Balaban J connectivity index is 2.78. The predicted octanol–water partition coefficient (Wildman–Crippen LogP) is 2.23. The average molecular weight is 243 g/mol. The van der Waals surface area contributed by atoms with Gasteiger partial charge in [-0.3, -0.25) is 4.79 Å². The quantitative estimate of drug-likeness (QED) is 0.825. The normalized spacial score (nSPS) is 12.3. The van der Waals surface area contributed by atoms with Crippen molar-refractivity contribution in [2.75, 3.05) is 7.11 Å². The number of carbonyl (C=O) groups is 1. The molecule has 1 atom stereocenters. The molecule has 0 saturated heterocycles. The summed E-state index contributed by atoms with van der Waals surface area (Å²) < 4.78 is 31.2. The molecular weight excluding hydrogens is 228 g/mol. The number of aryl methyl sites for hydroxylation is 1. The average Bonchev–Trinajstić information content (AvgIpc) is 2.30. The standard InChI is InChI=1S/C12H15F2NO2/c1-7-5-10(14)8(6-9(7)13)11(15)3-4-12(16)17-2/h5-6,11H,3-4,15H2,1-2H3. The maximum atomic E-state index is 13.5. The van der Waals surface area contributed by atoms with Gasteiger partial charge >= 0.3 is 5.97 Å². The molecule has 0 heterocycles. The molecule has 0 saturated carbocycles. The second-order valence-electron chi connectivity index (χ2n) is 3.84. The second-order valence-corrected chi connectivity index (χ2v) is 3.84. The van der Waals surface area contributed by atoms with Crippen LogP contribution in [0, 0.1) is 18.6 Å². The lowest BCUT2D eigenvalue weighted by molar-refractivity contribution is -0.140. The molecule has 0 aliphatic heterocycles. The number of halogens is 2. The van der Waals surface area contributed by atoms with Crippen LogP contribution >= 0.6 is 0 Å². The van der Waals surface area contributed by atoms with E-state index < -0.39 is 23.6 Å². The molecule has 0 bridgehead atoms. The summed E-state index contributed by atoms with van der Waals surface area (Å²) in [7, 11) is 1.26. The molecule has 1 aromatic carbocycles. The minimum Gasteiger partial charge on any atom is -0.469 e. The van der Waals surface area contributed by atoms with Crippen LogP contribution in [0.4, 0.5) is 8.78 Å². The Labute approximate surface area is 98.6 Å². The Morgan fingerprint density at radius 3 is 2.65 bits per heavy atom. The number of carbonyl (C=O) groups excluding carboxylic acids is 1. The third-order valence-corrected chi connectivity index (χ3v) is 2.56. The maximum Gasteiger partial charge on any atom is 0.305 e. The number of methoxy groups -OCH3 is 1. The Morgan fingerprint density at radius 2 is 2.06 bits per heavy atom. The van der Waals surface area contributed by atoms with Gasteiger partial charge in [-0.15, -0.1) is 0 Å². The van der Waals surface area contributed by atoms with E-state index in [4.69, 9.17) is 5.73 Å². The van der Waals surface area contributed by atoms with Crippen LogP contribution in [-0.2, 0) is 9.53 Å². The van der Waals surface area contributed by atoms with Crippen LogP contribution < -0.4 is 5.73 Å². The molecular formula is C12H15F2NO2. The van der Waals surface area contributed by atoms with Crippen LogP contribution in [0.3, 0.4) is 0 Å². The van der Waals surface area contributed by atoms with E-state index >= 15 is 0 Å². The molecule has 94 valence electrons. The van der Waals surface area contributed by atoms with Crippen molar-refractivity contribution in [2.45, 2.75) is 25.8 Å². The molecule has 0 aromatic heterocycles. The van der Waals surface area contributed by atoms with Crippen molar-refractivity contribution in [3.05, 3.63) is 34.9 Å². The molecule has 1 rings (SSSR count). The molecule has 3 nitrogen and oxygen atoms in total. The Kier molecular flexibility index (Phi) is 4.57. The molecule has 0 fully saturated rings. The summed E-state index contributed by atoms with van der Waals surface area (Å²) in [6.45, 7) is 1.47. The Bertz CT molecular complexity index is 421. The molecule has 1 aromatic rings. The van der Waals surface area contributed by atoms with Gasteiger partial charge in [-0.2, -0.15) is 0 Å². The van der Waals surface area contributed by atoms with Crippen molar-refractivity contribution in [3.8, 4) is 0 Å². The Hall–Kier alpha value is -1.49. The van der Waals surface area contributed by atoms with Gasteiger partial charge in [0.05, 0.1) is 7.11 Å². The summed E-state index contributed by atoms with van der Waals surface area (Å²) in [6.07, 6.45) is 0.290. The summed E-state index contributed by atoms with van der Waals surface area (Å²) in [4.78, 5) is 10.9. The van der Waals surface area contributed by atoms with E-state index in [0.717, 1.165) is 12.1 Å². The lowest BCUT2D eigenvalue weighted by atomic mass is 10.0. The van der Waals surface area contributed by atoms with Gasteiger partial charge in [0, 0.05) is 18.0 Å². The smallest absolute Gasteiger partial charge is 0.305 e. The molecule has 0 radical (unpaired) electrons. The molecule has 0 amide bonds. The van der Waals surface area contributed by atoms with Crippen LogP contribution in [0.15, 0.2) is 12.1 Å². The van der Waals surface area contributed by atoms with E-state index in [2.05, 4.69) is 4.74 Å². The zero-order chi connectivity index (χ0) is 13.0. The second kappa shape index (κ2) is 5.72. The SMILES string of the molecule is COC(=O)CCC(N)c1cc(F)c(C)cc1F. The van der Waals surface area contributed by atoms with E-state index in [9.17, 15) is 13.6 Å². The number of ether oxygens (including phenoxy) is 1. The third-order valence-electron chi connectivity index (χ3n) is 2.56. The Morgan fingerprint density at radius 1 is 1.41 bits per heavy atom. The first-order chi connectivity index (χ1) is 7.95. The zero-order valence-electron chi connectivity index (χ0n) is 9.80. The van der Waals surface area contributed by atoms with Gasteiger partial charge in [-0.1, -0.05) is 0 Å². The first kappa shape index (κ1) is 13.6. The van der Waals surface area contributed by atoms with Gasteiger partial charge in [-0.25, -0.2) is 8.78 Å². The molecule has 5 heteroatoms. The van der Waals surface area contributed by atoms with Crippen LogP contribution in [0.2, 0.25) is 0 Å². The fourth-order valence-electron chi connectivity index (χ4n) is 1.48. The number of rotatable bonds is 4. The minimum atomic E-state index is -0.718. The van der Waals surface area contributed by atoms with Gasteiger partial charge in [0.2, 0.25) is 0 Å². The van der Waals surface area contributed by atoms with E-state index in [0.29, 0.717) is 0 Å². The van der Waals surface area contributed by atoms with Crippen LogP contribution in [0.1, 0.15) is 30.0 Å². The predicted molar refractivity (Wildman–Crippen MR) is 59.3 cm³/mol. The van der Waals surface area contributed by atoms with Gasteiger partial charge < -0.3 is 10.5 Å². The monoisotopic (exact) mass is 243 g/mol. The number of benzene rings is 1. The summed E-state index contributed by atoms with van der Waals surface area (Å²) in [5.41, 5.74) is 6.01. The topological polar surface area (TPSA) is 52.3 Å². The highest BCUT2D eigenvalue weighted by Crippen LogP contribution is 2.22. The maximum absolute atomic E-state index is 13.5.